The predicted octanol–water partition coefficient (Wildman–Crippen LogP) is 1.78. The standard InChI is InChI=1S/C19H28FN3O3S/c1-21-12-14-22(15-13-21)19(24)7-2-16-8-10-23(11-9-16)27(25,26)18-5-3-17(20)4-6-18/h3-6,16H,2,7-15H2,1H3. The normalized spacial score (nSPS) is 20.7. The molecule has 0 aromatic heterocycles. The molecule has 8 heteroatoms. The number of piperazine rings is 1. The van der Waals surface area contributed by atoms with Crippen molar-refractivity contribution in [1.82, 2.24) is 14.1 Å². The summed E-state index contributed by atoms with van der Waals surface area (Å²) in [4.78, 5) is 16.6. The lowest BCUT2D eigenvalue weighted by Crippen LogP contribution is -2.47. The molecule has 27 heavy (non-hydrogen) atoms. The van der Waals surface area contributed by atoms with Crippen LogP contribution in [-0.2, 0) is 14.8 Å². The van der Waals surface area contributed by atoms with Crippen LogP contribution in [0.2, 0.25) is 0 Å². The van der Waals surface area contributed by atoms with Gasteiger partial charge in [0.05, 0.1) is 4.90 Å². The summed E-state index contributed by atoms with van der Waals surface area (Å²) >= 11 is 0. The molecule has 0 bridgehead atoms. The highest BCUT2D eigenvalue weighted by Gasteiger charge is 2.30. The van der Waals surface area contributed by atoms with Crippen molar-refractivity contribution in [2.45, 2.75) is 30.6 Å². The quantitative estimate of drug-likeness (QED) is 0.760. The molecule has 0 spiro atoms. The molecule has 2 fully saturated rings. The first kappa shape index (κ1) is 20.2. The van der Waals surface area contributed by atoms with Gasteiger partial charge < -0.3 is 9.80 Å². The average Bonchev–Trinajstić information content (AvgIpc) is 2.67. The maximum absolute atomic E-state index is 13.0. The minimum atomic E-state index is -3.57. The molecule has 2 aliphatic rings. The van der Waals surface area contributed by atoms with E-state index in [0.29, 0.717) is 25.4 Å². The second-order valence-corrected chi connectivity index (χ2v) is 9.46. The number of hydrogen-bond donors (Lipinski definition) is 0. The van der Waals surface area contributed by atoms with E-state index >= 15 is 0 Å². The summed E-state index contributed by atoms with van der Waals surface area (Å²) in [5.41, 5.74) is 0. The number of rotatable bonds is 5. The van der Waals surface area contributed by atoms with Gasteiger partial charge in [0.2, 0.25) is 15.9 Å². The lowest BCUT2D eigenvalue weighted by Gasteiger charge is -2.34. The Morgan fingerprint density at radius 3 is 2.22 bits per heavy atom. The van der Waals surface area contributed by atoms with Crippen molar-refractivity contribution in [3.63, 3.8) is 0 Å². The SMILES string of the molecule is CN1CCN(C(=O)CCC2CCN(S(=O)(=O)c3ccc(F)cc3)CC2)CC1. The predicted molar refractivity (Wildman–Crippen MR) is 101 cm³/mol. The molecule has 0 atom stereocenters. The van der Waals surface area contributed by atoms with Crippen molar-refractivity contribution in [2.24, 2.45) is 5.92 Å². The van der Waals surface area contributed by atoms with Gasteiger partial charge in [0, 0.05) is 45.7 Å². The maximum Gasteiger partial charge on any atom is 0.243 e. The Kier molecular flexibility index (Phi) is 6.49. The number of carbonyl (C=O) groups excluding carboxylic acids is 1. The number of halogens is 1. The van der Waals surface area contributed by atoms with Crippen LogP contribution >= 0.6 is 0 Å². The highest BCUT2D eigenvalue weighted by atomic mass is 32.2. The van der Waals surface area contributed by atoms with E-state index in [1.54, 1.807) is 0 Å². The summed E-state index contributed by atoms with van der Waals surface area (Å²) in [6, 6.07) is 4.96. The van der Waals surface area contributed by atoms with Gasteiger partial charge in [0.25, 0.3) is 0 Å². The van der Waals surface area contributed by atoms with Crippen molar-refractivity contribution in [3.05, 3.63) is 30.1 Å². The smallest absolute Gasteiger partial charge is 0.243 e. The van der Waals surface area contributed by atoms with Crippen LogP contribution in [0.15, 0.2) is 29.2 Å². The first-order valence-corrected chi connectivity index (χ1v) is 11.0. The molecule has 6 nitrogen and oxygen atoms in total. The average molecular weight is 398 g/mol. The summed E-state index contributed by atoms with van der Waals surface area (Å²) < 4.78 is 39.8. The van der Waals surface area contributed by atoms with E-state index in [-0.39, 0.29) is 10.8 Å². The van der Waals surface area contributed by atoms with E-state index in [4.69, 9.17) is 0 Å². The van der Waals surface area contributed by atoms with Gasteiger partial charge in [-0.25, -0.2) is 12.8 Å². The van der Waals surface area contributed by atoms with Gasteiger partial charge in [-0.3, -0.25) is 4.79 Å². The summed E-state index contributed by atoms with van der Waals surface area (Å²) in [7, 11) is -1.50. The lowest BCUT2D eigenvalue weighted by atomic mass is 9.93. The number of piperidine rings is 1. The van der Waals surface area contributed by atoms with Gasteiger partial charge in [0.1, 0.15) is 5.82 Å². The highest BCUT2D eigenvalue weighted by molar-refractivity contribution is 7.89. The Hall–Kier alpha value is -1.51. The van der Waals surface area contributed by atoms with Crippen molar-refractivity contribution >= 4 is 15.9 Å². The minimum absolute atomic E-state index is 0.132. The van der Waals surface area contributed by atoms with Crippen LogP contribution in [0.25, 0.3) is 0 Å². The Morgan fingerprint density at radius 2 is 1.63 bits per heavy atom. The summed E-state index contributed by atoms with van der Waals surface area (Å²) in [5, 5.41) is 0. The van der Waals surface area contributed by atoms with E-state index in [2.05, 4.69) is 11.9 Å². The third kappa shape index (κ3) is 5.06. The zero-order valence-corrected chi connectivity index (χ0v) is 16.6. The fraction of sp³-hybridized carbons (Fsp3) is 0.632. The van der Waals surface area contributed by atoms with Crippen LogP contribution in [0, 0.1) is 11.7 Å². The van der Waals surface area contributed by atoms with Crippen LogP contribution in [0.1, 0.15) is 25.7 Å². The number of carbonyl (C=O) groups is 1. The number of nitrogens with zero attached hydrogens (tertiary/aromatic N) is 3. The first-order chi connectivity index (χ1) is 12.9. The molecule has 2 saturated heterocycles. The Labute approximate surface area is 161 Å². The summed E-state index contributed by atoms with van der Waals surface area (Å²) in [5.74, 6) is 0.142. The van der Waals surface area contributed by atoms with Gasteiger partial charge in [-0.05, 0) is 56.5 Å². The molecule has 150 valence electrons. The lowest BCUT2D eigenvalue weighted by molar-refractivity contribution is -0.133. The van der Waals surface area contributed by atoms with Crippen LogP contribution in [0.5, 0.6) is 0 Å². The summed E-state index contributed by atoms with van der Waals surface area (Å²) in [6.07, 6.45) is 2.88. The van der Waals surface area contributed by atoms with Crippen LogP contribution < -0.4 is 0 Å². The zero-order chi connectivity index (χ0) is 19.4. The van der Waals surface area contributed by atoms with Gasteiger partial charge >= 0.3 is 0 Å². The second-order valence-electron chi connectivity index (χ2n) is 7.52. The van der Waals surface area contributed by atoms with Crippen LogP contribution in [0.4, 0.5) is 4.39 Å². The number of likely N-dealkylation sites (N-methyl/N-ethyl adjacent to an activating group) is 1. The first-order valence-electron chi connectivity index (χ1n) is 9.58. The molecule has 0 N–H and O–H groups in total. The highest BCUT2D eigenvalue weighted by Crippen LogP contribution is 2.27. The van der Waals surface area contributed by atoms with Crippen molar-refractivity contribution < 1.29 is 17.6 Å². The Morgan fingerprint density at radius 1 is 1.04 bits per heavy atom. The number of sulfonamides is 1. The molecule has 0 unspecified atom stereocenters. The van der Waals surface area contributed by atoms with E-state index in [9.17, 15) is 17.6 Å². The van der Waals surface area contributed by atoms with Gasteiger partial charge in [-0.15, -0.1) is 0 Å². The van der Waals surface area contributed by atoms with E-state index < -0.39 is 15.8 Å². The fourth-order valence-corrected chi connectivity index (χ4v) is 5.21. The Bertz CT molecular complexity index is 738. The topological polar surface area (TPSA) is 60.9 Å². The molecule has 3 rings (SSSR count). The Balaban J connectivity index is 1.46. The summed E-state index contributed by atoms with van der Waals surface area (Å²) in [6.45, 7) is 4.34. The number of amides is 1. The van der Waals surface area contributed by atoms with Gasteiger partial charge in [0.15, 0.2) is 0 Å². The number of benzene rings is 1. The molecule has 1 aromatic rings. The fourth-order valence-electron chi connectivity index (χ4n) is 3.74. The van der Waals surface area contributed by atoms with E-state index in [1.807, 2.05) is 4.90 Å². The molecule has 0 saturated carbocycles. The van der Waals surface area contributed by atoms with Gasteiger partial charge in [-0.2, -0.15) is 4.31 Å². The number of hydrogen-bond acceptors (Lipinski definition) is 4. The van der Waals surface area contributed by atoms with Crippen molar-refractivity contribution in [2.75, 3.05) is 46.3 Å². The van der Waals surface area contributed by atoms with Gasteiger partial charge in [-0.1, -0.05) is 0 Å². The molecule has 1 aromatic carbocycles. The minimum Gasteiger partial charge on any atom is -0.340 e. The van der Waals surface area contributed by atoms with Crippen LogP contribution in [0.3, 0.4) is 0 Å². The molecular weight excluding hydrogens is 369 g/mol. The van der Waals surface area contributed by atoms with Crippen molar-refractivity contribution in [3.8, 4) is 0 Å². The monoisotopic (exact) mass is 397 g/mol. The third-order valence-corrected chi connectivity index (χ3v) is 7.56. The van der Waals surface area contributed by atoms with Crippen molar-refractivity contribution in [1.29, 1.82) is 0 Å². The third-order valence-electron chi connectivity index (χ3n) is 5.65. The molecule has 0 aliphatic carbocycles. The zero-order valence-electron chi connectivity index (χ0n) is 15.8. The maximum atomic E-state index is 13.0. The molecule has 1 amide bonds. The largest absolute Gasteiger partial charge is 0.340 e. The van der Waals surface area contributed by atoms with E-state index in [1.165, 1.54) is 28.6 Å². The molecule has 0 radical (unpaired) electrons. The molecular formula is C19H28FN3O3S. The molecule has 2 aliphatic heterocycles. The van der Waals surface area contributed by atoms with Crippen LogP contribution in [-0.4, -0.2) is 74.7 Å². The van der Waals surface area contributed by atoms with E-state index in [0.717, 1.165) is 45.4 Å². The molecule has 2 heterocycles. The second kappa shape index (κ2) is 8.67.